The molecule has 9 heteroatoms. The fourth-order valence-electron chi connectivity index (χ4n) is 1.86. The van der Waals surface area contributed by atoms with Crippen molar-refractivity contribution in [3.63, 3.8) is 0 Å². The molecule has 1 saturated heterocycles. The topological polar surface area (TPSA) is 84.0 Å². The number of anilines is 1. The number of thiocarbonyl (C=S) groups is 1. The van der Waals surface area contributed by atoms with Gasteiger partial charge in [0.05, 0.1) is 17.0 Å². The fourth-order valence-corrected chi connectivity index (χ4v) is 4.96. The number of nitrogens with one attached hydrogen (secondary N) is 2. The van der Waals surface area contributed by atoms with Gasteiger partial charge in [0.2, 0.25) is 5.13 Å². The molecule has 1 aromatic heterocycles. The van der Waals surface area contributed by atoms with E-state index in [2.05, 4.69) is 20.8 Å². The van der Waals surface area contributed by atoms with Crippen LogP contribution in [0.15, 0.2) is 0 Å². The van der Waals surface area contributed by atoms with E-state index in [-0.39, 0.29) is 11.5 Å². The molecule has 0 aromatic carbocycles. The molecule has 0 aliphatic carbocycles. The van der Waals surface area contributed by atoms with Crippen LogP contribution in [-0.4, -0.2) is 40.8 Å². The molecule has 1 aliphatic heterocycles. The van der Waals surface area contributed by atoms with E-state index in [1.165, 1.54) is 11.3 Å². The van der Waals surface area contributed by atoms with Crippen molar-refractivity contribution in [2.45, 2.75) is 25.8 Å². The first kappa shape index (κ1) is 13.6. The number of nitrogens with zero attached hydrogens (tertiary/aromatic N) is 2. The van der Waals surface area contributed by atoms with Gasteiger partial charge in [0.25, 0.3) is 0 Å². The maximum atomic E-state index is 11.5. The second-order valence-corrected chi connectivity index (χ2v) is 8.38. The second-order valence-electron chi connectivity index (χ2n) is 4.61. The zero-order valence-electron chi connectivity index (χ0n) is 10.1. The Balaban J connectivity index is 1.96. The van der Waals surface area contributed by atoms with Gasteiger partial charge in [-0.1, -0.05) is 11.3 Å². The molecule has 1 aliphatic rings. The summed E-state index contributed by atoms with van der Waals surface area (Å²) in [5, 5.41) is 15.5. The van der Waals surface area contributed by atoms with Crippen molar-refractivity contribution in [3.8, 4) is 0 Å². The maximum absolute atomic E-state index is 11.5. The lowest BCUT2D eigenvalue weighted by Crippen LogP contribution is -2.48. The van der Waals surface area contributed by atoms with Gasteiger partial charge in [-0.15, -0.1) is 10.2 Å². The molecule has 0 spiro atoms. The molecule has 2 N–H and O–H groups in total. The van der Waals surface area contributed by atoms with E-state index in [1.54, 1.807) is 0 Å². The van der Waals surface area contributed by atoms with Crippen LogP contribution in [0.3, 0.4) is 0 Å². The van der Waals surface area contributed by atoms with Crippen LogP contribution < -0.4 is 10.6 Å². The lowest BCUT2D eigenvalue weighted by atomic mass is 10.0. The van der Waals surface area contributed by atoms with Gasteiger partial charge in [0.15, 0.2) is 14.9 Å². The van der Waals surface area contributed by atoms with Gasteiger partial charge >= 0.3 is 0 Å². The number of aryl methyl sites for hydroxylation is 1. The molecular weight excluding hydrogens is 292 g/mol. The van der Waals surface area contributed by atoms with E-state index in [0.29, 0.717) is 16.7 Å². The first-order chi connectivity index (χ1) is 8.28. The second kappa shape index (κ2) is 4.71. The molecule has 6 nitrogen and oxygen atoms in total. The van der Waals surface area contributed by atoms with E-state index >= 15 is 0 Å². The molecule has 0 bridgehead atoms. The Morgan fingerprint density at radius 3 is 2.72 bits per heavy atom. The zero-order valence-corrected chi connectivity index (χ0v) is 12.5. The summed E-state index contributed by atoms with van der Waals surface area (Å²) in [5.74, 6) is 0.313. The minimum atomic E-state index is -2.94. The highest BCUT2D eigenvalue weighted by Gasteiger charge is 2.38. The monoisotopic (exact) mass is 306 g/mol. The smallest absolute Gasteiger partial charge is 0.211 e. The summed E-state index contributed by atoms with van der Waals surface area (Å²) in [4.78, 5) is 0. The Hall–Kier alpha value is -0.800. The van der Waals surface area contributed by atoms with Gasteiger partial charge in [0, 0.05) is 0 Å². The third-order valence-corrected chi connectivity index (χ3v) is 5.53. The summed E-state index contributed by atoms with van der Waals surface area (Å²) in [6, 6.07) is 0. The van der Waals surface area contributed by atoms with Crippen LogP contribution in [0, 0.1) is 6.92 Å². The van der Waals surface area contributed by atoms with Crippen molar-refractivity contribution in [3.05, 3.63) is 5.01 Å². The quantitative estimate of drug-likeness (QED) is 0.778. The van der Waals surface area contributed by atoms with Crippen molar-refractivity contribution in [2.24, 2.45) is 0 Å². The zero-order chi connectivity index (χ0) is 13.4. The summed E-state index contributed by atoms with van der Waals surface area (Å²) in [6.07, 6.45) is 0.562. The molecule has 0 radical (unpaired) electrons. The molecule has 0 amide bonds. The maximum Gasteiger partial charge on any atom is 0.211 e. The van der Waals surface area contributed by atoms with E-state index in [4.69, 9.17) is 12.2 Å². The first-order valence-electron chi connectivity index (χ1n) is 5.38. The molecule has 1 atom stereocenters. The van der Waals surface area contributed by atoms with Gasteiger partial charge in [-0.2, -0.15) is 0 Å². The summed E-state index contributed by atoms with van der Waals surface area (Å²) in [6.45, 7) is 3.71. The van der Waals surface area contributed by atoms with Crippen LogP contribution in [0.4, 0.5) is 5.13 Å². The molecule has 2 heterocycles. The van der Waals surface area contributed by atoms with Gasteiger partial charge in [-0.05, 0) is 32.5 Å². The highest BCUT2D eigenvalue weighted by atomic mass is 32.2. The minimum absolute atomic E-state index is 0.108. The molecule has 1 fully saturated rings. The first-order valence-corrected chi connectivity index (χ1v) is 8.42. The van der Waals surface area contributed by atoms with Gasteiger partial charge in [0.1, 0.15) is 5.01 Å². The van der Waals surface area contributed by atoms with Crippen LogP contribution >= 0.6 is 23.6 Å². The molecule has 1 aromatic rings. The van der Waals surface area contributed by atoms with Crippen LogP contribution in [-0.2, 0) is 9.84 Å². The lowest BCUT2D eigenvalue weighted by Gasteiger charge is -2.25. The van der Waals surface area contributed by atoms with Gasteiger partial charge in [-0.3, -0.25) is 0 Å². The molecule has 18 heavy (non-hydrogen) atoms. The van der Waals surface area contributed by atoms with Crippen LogP contribution in [0.25, 0.3) is 0 Å². The average Bonchev–Trinajstić information content (AvgIpc) is 2.70. The summed E-state index contributed by atoms with van der Waals surface area (Å²) < 4.78 is 22.9. The van der Waals surface area contributed by atoms with Crippen LogP contribution in [0.1, 0.15) is 18.4 Å². The Morgan fingerprint density at radius 2 is 2.22 bits per heavy atom. The molecule has 2 rings (SSSR count). The molecular formula is C9H14N4O2S3. The van der Waals surface area contributed by atoms with E-state index < -0.39 is 15.4 Å². The van der Waals surface area contributed by atoms with Crippen molar-refractivity contribution in [2.75, 3.05) is 16.8 Å². The summed E-state index contributed by atoms with van der Waals surface area (Å²) in [5.41, 5.74) is -0.497. The third kappa shape index (κ3) is 3.36. The standard InChI is InChI=1S/C9H14N4O2S3/c1-6-12-13-8(17-6)10-7(16)11-9(2)3-4-18(14,15)5-9/h3-5H2,1-2H3,(H2,10,11,13,16)/t9-/m1/s1. The Labute approximate surface area is 115 Å². The van der Waals surface area contributed by atoms with Crippen molar-refractivity contribution >= 4 is 43.6 Å². The van der Waals surface area contributed by atoms with Crippen molar-refractivity contribution < 1.29 is 8.42 Å². The van der Waals surface area contributed by atoms with E-state index in [1.807, 2.05) is 13.8 Å². The highest BCUT2D eigenvalue weighted by molar-refractivity contribution is 7.91. The largest absolute Gasteiger partial charge is 0.356 e. The molecule has 100 valence electrons. The van der Waals surface area contributed by atoms with Gasteiger partial charge in [-0.25, -0.2) is 8.42 Å². The van der Waals surface area contributed by atoms with Crippen molar-refractivity contribution in [1.29, 1.82) is 0 Å². The normalized spacial score (nSPS) is 25.9. The van der Waals surface area contributed by atoms with Crippen molar-refractivity contribution in [1.82, 2.24) is 15.5 Å². The number of sulfone groups is 1. The van der Waals surface area contributed by atoms with Gasteiger partial charge < -0.3 is 10.6 Å². The predicted molar refractivity (Wildman–Crippen MR) is 75.7 cm³/mol. The summed E-state index contributed by atoms with van der Waals surface area (Å²) >= 11 is 6.54. The lowest BCUT2D eigenvalue weighted by molar-refractivity contribution is 0.474. The van der Waals surface area contributed by atoms with Crippen LogP contribution in [0.5, 0.6) is 0 Å². The fraction of sp³-hybridized carbons (Fsp3) is 0.667. The Kier molecular flexibility index (Phi) is 3.56. The predicted octanol–water partition coefficient (Wildman–Crippen LogP) is 0.710. The average molecular weight is 306 g/mol. The minimum Gasteiger partial charge on any atom is -0.356 e. The molecule has 0 saturated carbocycles. The Bertz CT molecular complexity index is 568. The number of hydrogen-bond donors (Lipinski definition) is 2. The van der Waals surface area contributed by atoms with E-state index in [0.717, 1.165) is 5.01 Å². The summed E-state index contributed by atoms with van der Waals surface area (Å²) in [7, 11) is -2.94. The number of rotatable bonds is 2. The molecule has 0 unspecified atom stereocenters. The third-order valence-electron chi connectivity index (χ3n) is 2.67. The highest BCUT2D eigenvalue weighted by Crippen LogP contribution is 2.23. The van der Waals surface area contributed by atoms with Crippen LogP contribution in [0.2, 0.25) is 0 Å². The Morgan fingerprint density at radius 1 is 1.50 bits per heavy atom. The number of hydrogen-bond acceptors (Lipinski definition) is 6. The number of aromatic nitrogens is 2. The SMILES string of the molecule is Cc1nnc(NC(=S)N[C@]2(C)CCS(=O)(=O)C2)s1. The van der Waals surface area contributed by atoms with E-state index in [9.17, 15) is 8.42 Å².